The number of rotatable bonds is 8. The lowest BCUT2D eigenvalue weighted by Crippen LogP contribution is -2.52. The lowest BCUT2D eigenvalue weighted by molar-refractivity contribution is -0.138. The number of likely N-dealkylation sites (tertiary alicyclic amines) is 1. The van der Waals surface area contributed by atoms with E-state index < -0.39 is 12.1 Å². The number of fused-ring (bicyclic) bond motifs is 1. The minimum Gasteiger partial charge on any atom is -0.369 e. The summed E-state index contributed by atoms with van der Waals surface area (Å²) in [5, 5.41) is 3.01. The Labute approximate surface area is 214 Å². The van der Waals surface area contributed by atoms with Crippen LogP contribution in [-0.2, 0) is 14.3 Å². The number of hydrogen-bond acceptors (Lipinski definition) is 6. The predicted octanol–water partition coefficient (Wildman–Crippen LogP) is 2.18. The van der Waals surface area contributed by atoms with Gasteiger partial charge in [-0.2, -0.15) is 0 Å². The van der Waals surface area contributed by atoms with Crippen LogP contribution in [0.1, 0.15) is 50.4 Å². The average Bonchev–Trinajstić information content (AvgIpc) is 3.55. The van der Waals surface area contributed by atoms with Gasteiger partial charge in [-0.3, -0.25) is 14.4 Å². The van der Waals surface area contributed by atoms with Crippen molar-refractivity contribution < 1.29 is 19.1 Å². The van der Waals surface area contributed by atoms with Gasteiger partial charge in [0, 0.05) is 49.9 Å². The summed E-state index contributed by atoms with van der Waals surface area (Å²) in [6, 6.07) is 6.52. The summed E-state index contributed by atoms with van der Waals surface area (Å²) in [6.07, 6.45) is 2.63. The number of nitrogens with one attached hydrogen (secondary N) is 1. The molecule has 3 aliphatic heterocycles. The quantitative estimate of drug-likeness (QED) is 0.594. The van der Waals surface area contributed by atoms with Gasteiger partial charge in [0.25, 0.3) is 5.91 Å². The topological polar surface area (TPSA) is 82.2 Å². The number of Topliss-reactive ketones (excluding diaryl/α,β-unsaturated/α-hetero) is 1. The number of likely N-dealkylation sites (N-methyl/N-ethyl adjacent to an activating group) is 1. The van der Waals surface area contributed by atoms with Crippen LogP contribution in [0.4, 0.5) is 5.69 Å². The molecule has 196 valence electrons. The van der Waals surface area contributed by atoms with Crippen molar-refractivity contribution in [2.24, 2.45) is 17.8 Å². The van der Waals surface area contributed by atoms with Crippen LogP contribution >= 0.6 is 0 Å². The minimum absolute atomic E-state index is 0.0125. The maximum atomic E-state index is 13.7. The van der Waals surface area contributed by atoms with E-state index in [9.17, 15) is 14.4 Å². The zero-order chi connectivity index (χ0) is 25.4. The monoisotopic (exact) mass is 496 g/mol. The highest BCUT2D eigenvalue weighted by molar-refractivity contribution is 5.99. The van der Waals surface area contributed by atoms with Gasteiger partial charge in [0.1, 0.15) is 18.7 Å². The van der Waals surface area contributed by atoms with Crippen molar-refractivity contribution in [3.63, 3.8) is 0 Å². The first kappa shape index (κ1) is 25.2. The molecule has 2 amide bonds. The molecule has 4 fully saturated rings. The molecule has 3 heterocycles. The van der Waals surface area contributed by atoms with Crippen molar-refractivity contribution in [3.05, 3.63) is 29.8 Å². The molecule has 5 rings (SSSR count). The number of nitrogens with zero attached hydrogens (tertiary/aromatic N) is 3. The van der Waals surface area contributed by atoms with Gasteiger partial charge in [-0.1, -0.05) is 20.8 Å². The molecular weight excluding hydrogens is 456 g/mol. The Balaban J connectivity index is 1.26. The summed E-state index contributed by atoms with van der Waals surface area (Å²) in [6.45, 7) is 12.0. The van der Waals surface area contributed by atoms with E-state index in [-0.39, 0.29) is 42.1 Å². The lowest BCUT2D eigenvalue weighted by Gasteiger charge is -2.35. The number of ketones is 1. The summed E-state index contributed by atoms with van der Waals surface area (Å²) in [5.41, 5.74) is 1.66. The van der Waals surface area contributed by atoms with Crippen molar-refractivity contribution >= 4 is 23.3 Å². The second-order valence-corrected chi connectivity index (χ2v) is 11.3. The van der Waals surface area contributed by atoms with E-state index >= 15 is 0 Å². The third kappa shape index (κ3) is 5.16. The standard InChI is InChI=1S/C28H40N4O4/c1-4-30-11-13-31(14-12-30)21-9-7-20(8-10-21)27(34)29-23(15-18(2)3)28(35)32-16-22(19-5-6-19)26-25(32)24(33)17-36-26/h7-10,18-19,22-23,25-26H,4-6,11-17H2,1-3H3,(H,29,34)/t22-,23-,25+,26+/m0/s1. The molecule has 8 heteroatoms. The molecule has 0 unspecified atom stereocenters. The van der Waals surface area contributed by atoms with Gasteiger partial charge in [0.15, 0.2) is 5.78 Å². The first-order valence-corrected chi connectivity index (χ1v) is 13.7. The largest absolute Gasteiger partial charge is 0.369 e. The molecule has 0 aromatic heterocycles. The van der Waals surface area contributed by atoms with Crippen molar-refractivity contribution in [2.75, 3.05) is 50.8 Å². The summed E-state index contributed by atoms with van der Waals surface area (Å²) in [7, 11) is 0. The Morgan fingerprint density at radius 1 is 1.08 bits per heavy atom. The molecule has 1 aromatic rings. The highest BCUT2D eigenvalue weighted by Gasteiger charge is 2.56. The Bertz CT molecular complexity index is 968. The fourth-order valence-electron chi connectivity index (χ4n) is 6.14. The molecule has 0 bridgehead atoms. The molecule has 8 nitrogen and oxygen atoms in total. The van der Waals surface area contributed by atoms with Crippen LogP contribution in [0.25, 0.3) is 0 Å². The van der Waals surface area contributed by atoms with Crippen LogP contribution in [0.3, 0.4) is 0 Å². The first-order valence-electron chi connectivity index (χ1n) is 13.7. The van der Waals surface area contributed by atoms with Crippen molar-refractivity contribution in [1.82, 2.24) is 15.1 Å². The Morgan fingerprint density at radius 3 is 2.39 bits per heavy atom. The second kappa shape index (κ2) is 10.5. The summed E-state index contributed by atoms with van der Waals surface area (Å²) >= 11 is 0. The zero-order valence-corrected chi connectivity index (χ0v) is 21.8. The fraction of sp³-hybridized carbons (Fsp3) is 0.679. The Morgan fingerprint density at radius 2 is 1.78 bits per heavy atom. The van der Waals surface area contributed by atoms with Crippen molar-refractivity contribution in [3.8, 4) is 0 Å². The molecule has 4 atom stereocenters. The predicted molar refractivity (Wildman–Crippen MR) is 138 cm³/mol. The molecule has 1 N–H and O–H groups in total. The average molecular weight is 497 g/mol. The van der Waals surface area contributed by atoms with Gasteiger partial charge in [-0.25, -0.2) is 0 Å². The molecule has 0 radical (unpaired) electrons. The normalized spacial score (nSPS) is 27.4. The van der Waals surface area contributed by atoms with E-state index in [1.54, 1.807) is 4.90 Å². The van der Waals surface area contributed by atoms with Crippen molar-refractivity contribution in [2.45, 2.75) is 58.2 Å². The number of anilines is 1. The first-order chi connectivity index (χ1) is 17.4. The number of amides is 2. The highest BCUT2D eigenvalue weighted by Crippen LogP contribution is 2.46. The lowest BCUT2D eigenvalue weighted by atomic mass is 9.97. The minimum atomic E-state index is -0.661. The molecule has 1 saturated carbocycles. The van der Waals surface area contributed by atoms with Crippen LogP contribution in [0.2, 0.25) is 0 Å². The third-order valence-electron chi connectivity index (χ3n) is 8.36. The van der Waals surface area contributed by atoms with Gasteiger partial charge in [-0.05, 0) is 61.9 Å². The van der Waals surface area contributed by atoms with Crippen LogP contribution < -0.4 is 10.2 Å². The number of piperazine rings is 1. The van der Waals surface area contributed by atoms with Crippen LogP contribution in [0.5, 0.6) is 0 Å². The zero-order valence-electron chi connectivity index (χ0n) is 21.8. The van der Waals surface area contributed by atoms with Crippen LogP contribution in [-0.4, -0.2) is 91.5 Å². The van der Waals surface area contributed by atoms with E-state index in [0.717, 1.165) is 51.3 Å². The number of carbonyl (C=O) groups excluding carboxylic acids is 3. The highest BCUT2D eigenvalue weighted by atomic mass is 16.5. The maximum absolute atomic E-state index is 13.7. The number of ether oxygens (including phenoxy) is 1. The van der Waals surface area contributed by atoms with Crippen LogP contribution in [0, 0.1) is 17.8 Å². The number of carbonyl (C=O) groups is 3. The van der Waals surface area contributed by atoms with Gasteiger partial charge in [0.05, 0.1) is 6.10 Å². The summed E-state index contributed by atoms with van der Waals surface area (Å²) in [4.78, 5) is 46.1. The Hall–Kier alpha value is -2.45. The molecule has 36 heavy (non-hydrogen) atoms. The second-order valence-electron chi connectivity index (χ2n) is 11.3. The summed E-state index contributed by atoms with van der Waals surface area (Å²) in [5.74, 6) is 0.577. The SMILES string of the molecule is CCN1CCN(c2ccc(C(=O)N[C@@H](CC(C)C)C(=O)N3C[C@@H](C4CC4)[C@H]4OCC(=O)[C@H]43)cc2)CC1. The van der Waals surface area contributed by atoms with Gasteiger partial charge in [0.2, 0.25) is 5.91 Å². The summed E-state index contributed by atoms with van der Waals surface area (Å²) < 4.78 is 5.83. The van der Waals surface area contributed by atoms with E-state index in [2.05, 4.69) is 22.0 Å². The van der Waals surface area contributed by atoms with Gasteiger partial charge < -0.3 is 24.8 Å². The smallest absolute Gasteiger partial charge is 0.251 e. The van der Waals surface area contributed by atoms with Gasteiger partial charge in [-0.15, -0.1) is 0 Å². The molecule has 0 spiro atoms. The Kier molecular flexibility index (Phi) is 7.35. The van der Waals surface area contributed by atoms with Crippen LogP contribution in [0.15, 0.2) is 24.3 Å². The number of hydrogen-bond donors (Lipinski definition) is 1. The maximum Gasteiger partial charge on any atom is 0.251 e. The molecule has 4 aliphatic rings. The van der Waals surface area contributed by atoms with E-state index in [0.29, 0.717) is 24.4 Å². The third-order valence-corrected chi connectivity index (χ3v) is 8.36. The number of benzene rings is 1. The van der Waals surface area contributed by atoms with E-state index in [1.807, 2.05) is 38.1 Å². The van der Waals surface area contributed by atoms with E-state index in [4.69, 9.17) is 4.74 Å². The molecular formula is C28H40N4O4. The fourth-order valence-corrected chi connectivity index (χ4v) is 6.14. The molecule has 3 saturated heterocycles. The molecule has 1 aromatic carbocycles. The molecule has 1 aliphatic carbocycles. The van der Waals surface area contributed by atoms with Gasteiger partial charge >= 0.3 is 0 Å². The van der Waals surface area contributed by atoms with E-state index in [1.165, 1.54) is 0 Å². The van der Waals surface area contributed by atoms with Crippen molar-refractivity contribution in [1.29, 1.82) is 0 Å².